The van der Waals surface area contributed by atoms with Crippen molar-refractivity contribution >= 4 is 71.9 Å². The molecular weight excluding hydrogens is 603 g/mol. The normalized spacial score (nSPS) is 12.7. The van der Waals surface area contributed by atoms with E-state index in [1.165, 1.54) is 16.3 Å². The molecule has 3 rings (SSSR count). The number of unbranched alkanes of at least 4 members (excludes halogenated alkanes) is 4. The van der Waals surface area contributed by atoms with Crippen LogP contribution in [0, 0.1) is 0 Å². The summed E-state index contributed by atoms with van der Waals surface area (Å²) < 4.78 is 0. The molecule has 0 unspecified atom stereocenters. The molecule has 0 aliphatic carbocycles. The first-order valence-electron chi connectivity index (χ1n) is 15.0. The van der Waals surface area contributed by atoms with Gasteiger partial charge in [-0.1, -0.05) is 23.9 Å². The van der Waals surface area contributed by atoms with E-state index in [1.54, 1.807) is 11.8 Å². The number of benzene rings is 2. The molecule has 1 fully saturated rings. The van der Waals surface area contributed by atoms with Gasteiger partial charge in [0.1, 0.15) is 11.6 Å². The zero-order valence-corrected chi connectivity index (χ0v) is 27.4. The number of quaternary nitrogens is 1. The second-order valence-electron chi connectivity index (χ2n) is 10.1. The number of rotatable bonds is 20. The zero-order chi connectivity index (χ0) is 31.1. The maximum Gasteiger partial charge on any atom is 0.303 e. The third-order valence-corrected chi connectivity index (χ3v) is 8.15. The molecule has 0 bridgehead atoms. The van der Waals surface area contributed by atoms with Crippen LogP contribution < -0.4 is 15.5 Å². The Morgan fingerprint density at radius 3 is 2.12 bits per heavy atom. The summed E-state index contributed by atoms with van der Waals surface area (Å²) in [6.07, 6.45) is 8.24. The van der Waals surface area contributed by atoms with Crippen molar-refractivity contribution in [3.63, 3.8) is 0 Å². The molecule has 1 aliphatic rings. The van der Waals surface area contributed by atoms with Crippen LogP contribution in [0.5, 0.6) is 0 Å². The molecule has 12 heteroatoms. The molecule has 43 heavy (non-hydrogen) atoms. The van der Waals surface area contributed by atoms with Gasteiger partial charge in [0.15, 0.2) is 0 Å². The quantitative estimate of drug-likeness (QED) is 0.0299. The molecule has 0 saturated carbocycles. The Bertz CT molecular complexity index is 1110. The number of nitrogens with one attached hydrogen (secondary N) is 1. The van der Waals surface area contributed by atoms with Crippen molar-refractivity contribution in [1.82, 2.24) is 5.32 Å². The van der Waals surface area contributed by atoms with E-state index in [0.717, 1.165) is 81.8 Å². The van der Waals surface area contributed by atoms with Gasteiger partial charge in [0, 0.05) is 44.1 Å². The van der Waals surface area contributed by atoms with Gasteiger partial charge in [-0.2, -0.15) is 35.5 Å². The lowest BCUT2D eigenvalue weighted by molar-refractivity contribution is -0.574. The lowest BCUT2D eigenvalue weighted by Crippen LogP contribution is -2.78. The van der Waals surface area contributed by atoms with Crippen LogP contribution in [-0.2, 0) is 14.4 Å². The van der Waals surface area contributed by atoms with E-state index >= 15 is 0 Å². The van der Waals surface area contributed by atoms with Crippen LogP contribution in [0.1, 0.15) is 64.2 Å². The molecule has 0 aromatic heterocycles. The highest BCUT2D eigenvalue weighted by Gasteiger charge is 2.15. The highest BCUT2D eigenvalue weighted by molar-refractivity contribution is 7.99. The predicted molar refractivity (Wildman–Crippen MR) is 181 cm³/mol. The minimum absolute atomic E-state index is 0.148. The van der Waals surface area contributed by atoms with Gasteiger partial charge >= 0.3 is 5.97 Å². The fourth-order valence-corrected chi connectivity index (χ4v) is 5.48. The molecule has 1 aliphatic heterocycles. The zero-order valence-electron chi connectivity index (χ0n) is 24.8. The highest BCUT2D eigenvalue weighted by Crippen LogP contribution is 2.25. The predicted octanol–water partition coefficient (Wildman–Crippen LogP) is 6.01. The number of nitrogens with zero attached hydrogens (tertiary/aromatic N) is 3. The molecule has 2 amide bonds. The average molecular weight is 649 g/mol. The van der Waals surface area contributed by atoms with E-state index in [4.69, 9.17) is 5.11 Å². The Hall–Kier alpha value is -2.54. The minimum atomic E-state index is -0.715. The van der Waals surface area contributed by atoms with E-state index in [-0.39, 0.29) is 18.2 Å². The number of carboxylic acid groups (broad SMARTS) is 1. The van der Waals surface area contributed by atoms with Gasteiger partial charge < -0.3 is 15.3 Å². The van der Waals surface area contributed by atoms with Crippen molar-refractivity contribution in [1.29, 1.82) is 0 Å². The van der Waals surface area contributed by atoms with Gasteiger partial charge in [-0.3, -0.25) is 19.7 Å². The van der Waals surface area contributed by atoms with Crippen molar-refractivity contribution < 1.29 is 24.8 Å². The van der Waals surface area contributed by atoms with Gasteiger partial charge in [-0.25, -0.2) is 0 Å². The summed E-state index contributed by atoms with van der Waals surface area (Å²) in [6, 6.07) is 16.7. The molecule has 236 valence electrons. The lowest BCUT2D eigenvalue weighted by atomic mass is 10.2. The van der Waals surface area contributed by atoms with E-state index in [2.05, 4.69) is 75.3 Å². The number of amides is 2. The van der Waals surface area contributed by atoms with Crippen LogP contribution in [0.15, 0.2) is 63.7 Å². The van der Waals surface area contributed by atoms with E-state index in [1.807, 2.05) is 24.3 Å². The summed E-state index contributed by atoms with van der Waals surface area (Å²) in [5, 5.41) is 21.9. The van der Waals surface area contributed by atoms with Crippen molar-refractivity contribution in [3.8, 4) is 0 Å². The molecule has 4 N–H and O–H groups in total. The Morgan fingerprint density at radius 1 is 0.884 bits per heavy atom. The number of imide groups is 1. The van der Waals surface area contributed by atoms with Crippen LogP contribution in [-0.4, -0.2) is 59.9 Å². The van der Waals surface area contributed by atoms with E-state index in [9.17, 15) is 14.4 Å². The molecule has 2 aromatic carbocycles. The van der Waals surface area contributed by atoms with E-state index < -0.39 is 5.97 Å². The van der Waals surface area contributed by atoms with Gasteiger partial charge in [0.2, 0.25) is 11.8 Å². The van der Waals surface area contributed by atoms with Crippen LogP contribution in [0.3, 0.4) is 0 Å². The number of hydrogen-bond donors (Lipinski definition) is 5. The number of azo groups is 1. The Morgan fingerprint density at radius 2 is 1.53 bits per heavy atom. The molecule has 1 saturated heterocycles. The van der Waals surface area contributed by atoms with Gasteiger partial charge in [0.25, 0.3) is 0 Å². The summed E-state index contributed by atoms with van der Waals surface area (Å²) in [5.74, 6) is 1.41. The number of hydrogen-bond acceptors (Lipinski definition) is 9. The number of thioether (sulfide) groups is 1. The maximum absolute atomic E-state index is 10.6. The molecule has 9 nitrogen and oxygen atoms in total. The fourth-order valence-electron chi connectivity index (χ4n) is 4.28. The lowest BCUT2D eigenvalue weighted by Gasteiger charge is -2.25. The second kappa shape index (κ2) is 22.9. The molecule has 2 aromatic rings. The third-order valence-electron chi connectivity index (χ3n) is 6.59. The first-order valence-corrected chi connectivity index (χ1v) is 17.2. The van der Waals surface area contributed by atoms with Crippen LogP contribution in [0.25, 0.3) is 0 Å². The Labute approximate surface area is 270 Å². The van der Waals surface area contributed by atoms with Crippen LogP contribution >= 0.6 is 37.0 Å². The standard InChI is InChI=1S/C27H40N4O2S3.C4H5NO2/c32-27(33)12-2-1-5-17-28-25-10-3-4-11-26(25)36-22-29-30-23-13-15-24(16-14-23)31(18-6-8-20-34)19-7-9-21-35;6-3-1-2-4(7)5-3/h3-4,10-11,13-16,28,34-35H,1-2,5-9,12,17-22H2,(H,32,33);1-2H2,(H,5,6,7)/p+1. The first kappa shape index (κ1) is 36.7. The number of carboxylic acids is 1. The van der Waals surface area contributed by atoms with Gasteiger partial charge in [0.05, 0.1) is 17.1 Å². The average Bonchev–Trinajstić information content (AvgIpc) is 3.39. The molecular formula is C31H46N5O4S3+. The van der Waals surface area contributed by atoms with Crippen molar-refractivity contribution in [3.05, 3.63) is 48.5 Å². The third kappa shape index (κ3) is 16.8. The molecule has 0 radical (unpaired) electrons. The monoisotopic (exact) mass is 648 g/mol. The maximum atomic E-state index is 10.6. The number of carbonyl (C=O) groups is 3. The fraction of sp³-hybridized carbons (Fsp3) is 0.516. The van der Waals surface area contributed by atoms with Crippen molar-refractivity contribution in [2.45, 2.75) is 69.1 Å². The van der Waals surface area contributed by atoms with Crippen LogP contribution in [0.2, 0.25) is 0 Å². The summed E-state index contributed by atoms with van der Waals surface area (Å²) in [6.45, 7) is 3.04. The topological polar surface area (TPSA) is 128 Å². The van der Waals surface area contributed by atoms with Gasteiger partial charge in [-0.15, -0.1) is 0 Å². The molecule has 0 spiro atoms. The summed E-state index contributed by atoms with van der Waals surface area (Å²) in [4.78, 5) is 34.5. The SMILES string of the molecule is O=C(O)CCCCC[NH2+]c1ccccc1SCN=Nc1ccc(N(CCCCS)CCCCS)cc1.O=C1CCC(=O)N1. The molecule has 0 atom stereocenters. The number of carbonyl (C=O) groups excluding carboxylic acids is 2. The van der Waals surface area contributed by atoms with Crippen LogP contribution in [0.4, 0.5) is 17.1 Å². The first-order chi connectivity index (χ1) is 20.9. The largest absolute Gasteiger partial charge is 0.481 e. The number of anilines is 1. The number of para-hydroxylation sites is 1. The van der Waals surface area contributed by atoms with Crippen molar-refractivity contribution in [2.24, 2.45) is 10.2 Å². The Balaban J connectivity index is 0.000000804. The summed E-state index contributed by atoms with van der Waals surface area (Å²) in [5.41, 5.74) is 3.30. The van der Waals surface area contributed by atoms with E-state index in [0.29, 0.717) is 18.7 Å². The number of thiol groups is 2. The highest BCUT2D eigenvalue weighted by atomic mass is 32.2. The summed E-state index contributed by atoms with van der Waals surface area (Å²) >= 11 is 10.4. The molecule has 1 heterocycles. The number of aliphatic carboxylic acids is 1. The smallest absolute Gasteiger partial charge is 0.303 e. The minimum Gasteiger partial charge on any atom is -0.481 e. The van der Waals surface area contributed by atoms with Crippen molar-refractivity contribution in [2.75, 3.05) is 41.9 Å². The Kier molecular flexibility index (Phi) is 19.5. The number of nitrogens with two attached hydrogens (primary N) is 1. The second-order valence-corrected chi connectivity index (χ2v) is 12.0. The van der Waals surface area contributed by atoms with Gasteiger partial charge in [-0.05, 0) is 86.8 Å². The summed E-state index contributed by atoms with van der Waals surface area (Å²) in [7, 11) is 0.